The molecule has 0 fully saturated rings. The van der Waals surface area contributed by atoms with Crippen molar-refractivity contribution in [3.8, 4) is 0 Å². The molecule has 1 unspecified atom stereocenters. The topological polar surface area (TPSA) is 76.7 Å². The van der Waals surface area contributed by atoms with Crippen LogP contribution in [0.3, 0.4) is 0 Å². The Kier molecular flexibility index (Phi) is 2.29. The lowest BCUT2D eigenvalue weighted by Gasteiger charge is -2.11. The number of pyridine rings is 1. The Hall–Kier alpha value is -2.04. The fraction of sp³-hybridized carbons (Fsp3) is 0.200. The van der Waals surface area contributed by atoms with Gasteiger partial charge in [-0.15, -0.1) is 0 Å². The maximum Gasteiger partial charge on any atom is 0.269 e. The van der Waals surface area contributed by atoms with Crippen LogP contribution in [0.5, 0.6) is 0 Å². The zero-order chi connectivity index (χ0) is 10.8. The van der Waals surface area contributed by atoms with Crippen LogP contribution < -0.4 is 11.3 Å². The minimum Gasteiger partial charge on any atom is -0.384 e. The molecule has 0 aliphatic rings. The number of nitrogens with zero attached hydrogens (tertiary/aromatic N) is 2. The molecule has 0 amide bonds. The van der Waals surface area contributed by atoms with Gasteiger partial charge in [0.15, 0.2) is 0 Å². The Balaban J connectivity index is 2.41. The lowest BCUT2D eigenvalue weighted by molar-refractivity contribution is 0.549. The first kappa shape index (κ1) is 9.51. The van der Waals surface area contributed by atoms with E-state index in [9.17, 15) is 4.79 Å². The third-order valence-electron chi connectivity index (χ3n) is 2.34. The van der Waals surface area contributed by atoms with Gasteiger partial charge in [0.2, 0.25) is 0 Å². The number of aromatic amines is 1. The number of aromatic nitrogens is 3. The Labute approximate surface area is 86.5 Å². The molecule has 2 heterocycles. The lowest BCUT2D eigenvalue weighted by Crippen LogP contribution is -2.20. The molecule has 3 N–H and O–H groups in total. The van der Waals surface area contributed by atoms with Crippen LogP contribution in [0.1, 0.15) is 18.5 Å². The Morgan fingerprint density at radius 3 is 2.67 bits per heavy atom. The van der Waals surface area contributed by atoms with Crippen LogP contribution >= 0.6 is 0 Å². The fourth-order valence-corrected chi connectivity index (χ4v) is 1.51. The molecule has 2 rings (SSSR count). The molecule has 0 bridgehead atoms. The Bertz CT molecular complexity index is 500. The van der Waals surface area contributed by atoms with Crippen LogP contribution in [0.2, 0.25) is 0 Å². The van der Waals surface area contributed by atoms with E-state index in [0.717, 1.165) is 5.56 Å². The second-order valence-electron chi connectivity index (χ2n) is 3.38. The Morgan fingerprint density at radius 2 is 2.13 bits per heavy atom. The summed E-state index contributed by atoms with van der Waals surface area (Å²) in [7, 11) is 0. The van der Waals surface area contributed by atoms with E-state index >= 15 is 0 Å². The van der Waals surface area contributed by atoms with Crippen LogP contribution in [0.15, 0.2) is 35.4 Å². The zero-order valence-corrected chi connectivity index (χ0v) is 8.34. The highest BCUT2D eigenvalue weighted by Gasteiger charge is 2.10. The first-order chi connectivity index (χ1) is 7.18. The van der Waals surface area contributed by atoms with E-state index in [4.69, 9.17) is 5.73 Å². The molecule has 5 heteroatoms. The first-order valence-corrected chi connectivity index (χ1v) is 4.65. The molecule has 0 aromatic carbocycles. The van der Waals surface area contributed by atoms with Crippen molar-refractivity contribution >= 4 is 5.82 Å². The standard InChI is InChI=1S/C10H12N4O/c1-7(8-2-4-12-5-3-8)14-10(15)6-9(11)13-14/h2-7,13H,11H2,1H3. The van der Waals surface area contributed by atoms with Gasteiger partial charge in [0.25, 0.3) is 5.56 Å². The van der Waals surface area contributed by atoms with E-state index in [2.05, 4.69) is 10.1 Å². The molecule has 78 valence electrons. The molecule has 0 saturated heterocycles. The molecule has 0 aliphatic heterocycles. The molecule has 0 radical (unpaired) electrons. The number of hydrogen-bond donors (Lipinski definition) is 2. The van der Waals surface area contributed by atoms with Crippen molar-refractivity contribution in [1.82, 2.24) is 14.8 Å². The number of anilines is 1. The summed E-state index contributed by atoms with van der Waals surface area (Å²) >= 11 is 0. The van der Waals surface area contributed by atoms with Crippen LogP contribution in [0.25, 0.3) is 0 Å². The summed E-state index contributed by atoms with van der Waals surface area (Å²) in [6.45, 7) is 1.92. The maximum atomic E-state index is 11.5. The second kappa shape index (κ2) is 3.61. The van der Waals surface area contributed by atoms with Crippen LogP contribution in [0, 0.1) is 0 Å². The van der Waals surface area contributed by atoms with Gasteiger partial charge in [-0.3, -0.25) is 14.9 Å². The SMILES string of the molecule is CC(c1ccncc1)n1[nH]c(N)cc1=O. The van der Waals surface area contributed by atoms with Crippen molar-refractivity contribution in [2.24, 2.45) is 0 Å². The van der Waals surface area contributed by atoms with Crippen molar-refractivity contribution in [3.63, 3.8) is 0 Å². The van der Waals surface area contributed by atoms with Crippen molar-refractivity contribution < 1.29 is 0 Å². The average Bonchev–Trinajstić information content (AvgIpc) is 2.58. The van der Waals surface area contributed by atoms with Crippen molar-refractivity contribution in [2.75, 3.05) is 5.73 Å². The van der Waals surface area contributed by atoms with Crippen molar-refractivity contribution in [3.05, 3.63) is 46.5 Å². The quantitative estimate of drug-likeness (QED) is 0.758. The third-order valence-corrected chi connectivity index (χ3v) is 2.34. The molecule has 15 heavy (non-hydrogen) atoms. The second-order valence-corrected chi connectivity index (χ2v) is 3.38. The minimum atomic E-state index is -0.128. The molecule has 0 spiro atoms. The summed E-state index contributed by atoms with van der Waals surface area (Å²) in [5.41, 5.74) is 6.39. The molecule has 2 aromatic heterocycles. The number of nitrogen functional groups attached to an aromatic ring is 1. The van der Waals surface area contributed by atoms with Crippen LogP contribution in [-0.4, -0.2) is 14.8 Å². The largest absolute Gasteiger partial charge is 0.384 e. The summed E-state index contributed by atoms with van der Waals surface area (Å²) in [4.78, 5) is 15.4. The third kappa shape index (κ3) is 1.76. The molecule has 2 aromatic rings. The minimum absolute atomic E-state index is 0.0715. The maximum absolute atomic E-state index is 11.5. The van der Waals surface area contributed by atoms with E-state index in [-0.39, 0.29) is 11.6 Å². The van der Waals surface area contributed by atoms with Gasteiger partial charge < -0.3 is 5.73 Å². The fourth-order valence-electron chi connectivity index (χ4n) is 1.51. The van der Waals surface area contributed by atoms with Gasteiger partial charge in [-0.25, -0.2) is 4.68 Å². The summed E-state index contributed by atoms with van der Waals surface area (Å²) in [5, 5.41) is 2.80. The molecular weight excluding hydrogens is 192 g/mol. The summed E-state index contributed by atoms with van der Waals surface area (Å²) < 4.78 is 1.49. The molecule has 0 saturated carbocycles. The normalized spacial score (nSPS) is 12.6. The average molecular weight is 204 g/mol. The number of H-pyrrole nitrogens is 1. The van der Waals surface area contributed by atoms with Gasteiger partial charge in [-0.05, 0) is 24.6 Å². The number of nitrogens with two attached hydrogens (primary N) is 1. The number of nitrogens with one attached hydrogen (secondary N) is 1. The van der Waals surface area contributed by atoms with Gasteiger partial charge in [0, 0.05) is 18.5 Å². The Morgan fingerprint density at radius 1 is 1.47 bits per heavy atom. The number of rotatable bonds is 2. The molecule has 0 aliphatic carbocycles. The smallest absolute Gasteiger partial charge is 0.269 e. The predicted molar refractivity (Wildman–Crippen MR) is 57.5 cm³/mol. The van der Waals surface area contributed by atoms with Crippen LogP contribution in [0.4, 0.5) is 5.82 Å². The van der Waals surface area contributed by atoms with Crippen LogP contribution in [-0.2, 0) is 0 Å². The van der Waals surface area contributed by atoms with E-state index in [1.807, 2.05) is 19.1 Å². The predicted octanol–water partition coefficient (Wildman–Crippen LogP) is 0.763. The molecule has 5 nitrogen and oxygen atoms in total. The lowest BCUT2D eigenvalue weighted by atomic mass is 10.1. The van der Waals surface area contributed by atoms with Gasteiger partial charge >= 0.3 is 0 Å². The highest BCUT2D eigenvalue weighted by Crippen LogP contribution is 2.13. The summed E-state index contributed by atoms with van der Waals surface area (Å²) in [5.74, 6) is 0.376. The van der Waals surface area contributed by atoms with E-state index in [1.54, 1.807) is 12.4 Å². The monoisotopic (exact) mass is 204 g/mol. The van der Waals surface area contributed by atoms with Gasteiger partial charge in [-0.2, -0.15) is 0 Å². The first-order valence-electron chi connectivity index (χ1n) is 4.65. The van der Waals surface area contributed by atoms with Crippen molar-refractivity contribution in [2.45, 2.75) is 13.0 Å². The summed E-state index contributed by atoms with van der Waals surface area (Å²) in [6, 6.07) is 5.04. The highest BCUT2D eigenvalue weighted by atomic mass is 16.1. The zero-order valence-electron chi connectivity index (χ0n) is 8.34. The van der Waals surface area contributed by atoms with E-state index in [0.29, 0.717) is 5.82 Å². The summed E-state index contributed by atoms with van der Waals surface area (Å²) in [6.07, 6.45) is 3.40. The van der Waals surface area contributed by atoms with E-state index in [1.165, 1.54) is 10.7 Å². The van der Waals surface area contributed by atoms with Gasteiger partial charge in [0.1, 0.15) is 5.82 Å². The molecule has 1 atom stereocenters. The van der Waals surface area contributed by atoms with Crippen molar-refractivity contribution in [1.29, 1.82) is 0 Å². The number of hydrogen-bond acceptors (Lipinski definition) is 3. The van der Waals surface area contributed by atoms with Gasteiger partial charge in [-0.1, -0.05) is 0 Å². The molecular formula is C10H12N4O. The van der Waals surface area contributed by atoms with Gasteiger partial charge in [0.05, 0.1) is 6.04 Å². The highest BCUT2D eigenvalue weighted by molar-refractivity contribution is 5.25. The van der Waals surface area contributed by atoms with E-state index < -0.39 is 0 Å².